The van der Waals surface area contributed by atoms with Gasteiger partial charge in [0.15, 0.2) is 0 Å². The highest BCUT2D eigenvalue weighted by atomic mass is 35.5. The Morgan fingerprint density at radius 3 is 2.48 bits per heavy atom. The summed E-state index contributed by atoms with van der Waals surface area (Å²) in [7, 11) is 1.97. The number of rotatable bonds is 6. The second-order valence-electron chi connectivity index (χ2n) is 6.05. The average Bonchev–Trinajstić information content (AvgIpc) is 2.39. The van der Waals surface area contributed by atoms with Crippen LogP contribution in [0.1, 0.15) is 34.1 Å². The van der Waals surface area contributed by atoms with Crippen LogP contribution in [0.25, 0.3) is 0 Å². The van der Waals surface area contributed by atoms with Crippen molar-refractivity contribution in [2.45, 2.75) is 46.2 Å². The molecule has 2 unspecified atom stereocenters. The molecule has 118 valence electrons. The SMILES string of the molecule is CC(C)CC(C)N(C)C(C)C(=O)Nc1ccc(N)cc1Cl. The lowest BCUT2D eigenvalue weighted by atomic mass is 10.0. The van der Waals surface area contributed by atoms with E-state index in [0.717, 1.165) is 6.42 Å². The Labute approximate surface area is 132 Å². The molecule has 4 nitrogen and oxygen atoms in total. The Bertz CT molecular complexity index is 490. The fourth-order valence-corrected chi connectivity index (χ4v) is 2.52. The molecule has 1 aromatic rings. The van der Waals surface area contributed by atoms with Crippen LogP contribution < -0.4 is 11.1 Å². The number of benzene rings is 1. The molecule has 0 aliphatic carbocycles. The minimum atomic E-state index is -0.229. The van der Waals surface area contributed by atoms with Crippen LogP contribution in [0, 0.1) is 5.92 Å². The molecule has 0 fully saturated rings. The molecule has 0 heterocycles. The number of nitrogens with one attached hydrogen (secondary N) is 1. The Balaban J connectivity index is 2.69. The molecule has 0 saturated carbocycles. The number of anilines is 2. The molecule has 0 aliphatic rings. The number of likely N-dealkylation sites (N-methyl/N-ethyl adjacent to an activating group) is 1. The maximum Gasteiger partial charge on any atom is 0.241 e. The number of carbonyl (C=O) groups excluding carboxylic acids is 1. The molecule has 21 heavy (non-hydrogen) atoms. The van der Waals surface area contributed by atoms with Gasteiger partial charge in [-0.15, -0.1) is 0 Å². The zero-order valence-corrected chi connectivity index (χ0v) is 14.2. The van der Waals surface area contributed by atoms with Gasteiger partial charge in [-0.3, -0.25) is 9.69 Å². The highest BCUT2D eigenvalue weighted by Crippen LogP contribution is 2.24. The molecule has 1 aromatic carbocycles. The van der Waals surface area contributed by atoms with Crippen molar-refractivity contribution in [3.05, 3.63) is 23.2 Å². The van der Waals surface area contributed by atoms with Crippen LogP contribution in [0.2, 0.25) is 5.02 Å². The van der Waals surface area contributed by atoms with Gasteiger partial charge in [0.25, 0.3) is 0 Å². The molecule has 0 aliphatic heterocycles. The van der Waals surface area contributed by atoms with Crippen molar-refractivity contribution in [1.82, 2.24) is 4.90 Å². The second-order valence-corrected chi connectivity index (χ2v) is 6.46. The fourth-order valence-electron chi connectivity index (χ4n) is 2.29. The lowest BCUT2D eigenvalue weighted by Gasteiger charge is -2.31. The minimum Gasteiger partial charge on any atom is -0.399 e. The molecule has 0 saturated heterocycles. The maximum absolute atomic E-state index is 12.3. The van der Waals surface area contributed by atoms with E-state index in [1.807, 2.05) is 14.0 Å². The first kappa shape index (κ1) is 17.8. The predicted molar refractivity (Wildman–Crippen MR) is 90.6 cm³/mol. The lowest BCUT2D eigenvalue weighted by molar-refractivity contribution is -0.121. The van der Waals surface area contributed by atoms with Crippen molar-refractivity contribution >= 4 is 28.9 Å². The van der Waals surface area contributed by atoms with Gasteiger partial charge in [-0.05, 0) is 51.4 Å². The molecule has 2 atom stereocenters. The zero-order valence-electron chi connectivity index (χ0n) is 13.5. The van der Waals surface area contributed by atoms with Gasteiger partial charge in [-0.1, -0.05) is 25.4 Å². The van der Waals surface area contributed by atoms with Crippen molar-refractivity contribution in [3.8, 4) is 0 Å². The van der Waals surface area contributed by atoms with Crippen LogP contribution in [-0.4, -0.2) is 29.9 Å². The summed E-state index contributed by atoms with van der Waals surface area (Å²) in [5.74, 6) is 0.532. The van der Waals surface area contributed by atoms with E-state index in [1.165, 1.54) is 0 Å². The van der Waals surface area contributed by atoms with Gasteiger partial charge in [-0.2, -0.15) is 0 Å². The first-order valence-corrected chi connectivity index (χ1v) is 7.68. The molecule has 0 spiro atoms. The summed E-state index contributed by atoms with van der Waals surface area (Å²) < 4.78 is 0. The number of nitrogen functional groups attached to an aromatic ring is 1. The average molecular weight is 312 g/mol. The van der Waals surface area contributed by atoms with Gasteiger partial charge < -0.3 is 11.1 Å². The third kappa shape index (κ3) is 5.21. The first-order chi connectivity index (χ1) is 9.72. The molecule has 1 rings (SSSR count). The predicted octanol–water partition coefficient (Wildman–Crippen LogP) is 3.62. The summed E-state index contributed by atoms with van der Waals surface area (Å²) in [4.78, 5) is 14.4. The fraction of sp³-hybridized carbons (Fsp3) is 0.562. The Morgan fingerprint density at radius 2 is 1.95 bits per heavy atom. The summed E-state index contributed by atoms with van der Waals surface area (Å²) >= 11 is 6.08. The third-order valence-electron chi connectivity index (χ3n) is 3.75. The minimum absolute atomic E-state index is 0.0697. The van der Waals surface area contributed by atoms with Crippen LogP contribution in [0.5, 0.6) is 0 Å². The van der Waals surface area contributed by atoms with Gasteiger partial charge in [0.05, 0.1) is 16.8 Å². The van der Waals surface area contributed by atoms with Gasteiger partial charge in [-0.25, -0.2) is 0 Å². The zero-order chi connectivity index (χ0) is 16.2. The van der Waals surface area contributed by atoms with Crippen LogP contribution in [0.3, 0.4) is 0 Å². The van der Waals surface area contributed by atoms with E-state index >= 15 is 0 Å². The maximum atomic E-state index is 12.3. The molecular weight excluding hydrogens is 286 g/mol. The van der Waals surface area contributed by atoms with Crippen LogP contribution >= 0.6 is 11.6 Å². The topological polar surface area (TPSA) is 58.4 Å². The monoisotopic (exact) mass is 311 g/mol. The number of carbonyl (C=O) groups is 1. The molecule has 0 bridgehead atoms. The summed E-state index contributed by atoms with van der Waals surface area (Å²) in [6, 6.07) is 5.18. The summed E-state index contributed by atoms with van der Waals surface area (Å²) in [5.41, 5.74) is 6.81. The number of halogens is 1. The molecule has 3 N–H and O–H groups in total. The smallest absolute Gasteiger partial charge is 0.241 e. The Hall–Kier alpha value is -1.26. The number of hydrogen-bond donors (Lipinski definition) is 2. The highest BCUT2D eigenvalue weighted by molar-refractivity contribution is 6.34. The molecule has 1 amide bonds. The Morgan fingerprint density at radius 1 is 1.33 bits per heavy atom. The normalized spacial score (nSPS) is 14.3. The summed E-state index contributed by atoms with van der Waals surface area (Å²) in [6.07, 6.45) is 1.05. The molecular formula is C16H26ClN3O. The van der Waals surface area contributed by atoms with Crippen molar-refractivity contribution in [2.24, 2.45) is 5.92 Å². The van der Waals surface area contributed by atoms with E-state index in [0.29, 0.717) is 28.4 Å². The van der Waals surface area contributed by atoms with Crippen molar-refractivity contribution in [1.29, 1.82) is 0 Å². The molecule has 5 heteroatoms. The van der Waals surface area contributed by atoms with Gasteiger partial charge in [0, 0.05) is 11.7 Å². The number of nitrogens with zero attached hydrogens (tertiary/aromatic N) is 1. The van der Waals surface area contributed by atoms with Gasteiger partial charge in [0.1, 0.15) is 0 Å². The quantitative estimate of drug-likeness (QED) is 0.789. The van der Waals surface area contributed by atoms with Crippen LogP contribution in [0.4, 0.5) is 11.4 Å². The van der Waals surface area contributed by atoms with Crippen molar-refractivity contribution in [3.63, 3.8) is 0 Å². The largest absolute Gasteiger partial charge is 0.399 e. The first-order valence-electron chi connectivity index (χ1n) is 7.30. The van der Waals surface area contributed by atoms with E-state index in [2.05, 4.69) is 31.0 Å². The molecule has 0 aromatic heterocycles. The van der Waals surface area contributed by atoms with E-state index in [9.17, 15) is 4.79 Å². The lowest BCUT2D eigenvalue weighted by Crippen LogP contribution is -2.44. The standard InChI is InChI=1S/C16H26ClN3O/c1-10(2)8-11(3)20(5)12(4)16(21)19-15-7-6-13(18)9-14(15)17/h6-7,9-12H,8,18H2,1-5H3,(H,19,21). The number of amides is 1. The number of nitrogens with two attached hydrogens (primary N) is 1. The summed E-state index contributed by atoms with van der Waals surface area (Å²) in [5, 5.41) is 3.31. The van der Waals surface area contributed by atoms with Crippen LogP contribution in [-0.2, 0) is 4.79 Å². The Kier molecular flexibility index (Phi) is 6.49. The van der Waals surface area contributed by atoms with Gasteiger partial charge in [0.2, 0.25) is 5.91 Å². The van der Waals surface area contributed by atoms with E-state index in [4.69, 9.17) is 17.3 Å². The van der Waals surface area contributed by atoms with E-state index < -0.39 is 0 Å². The third-order valence-corrected chi connectivity index (χ3v) is 4.06. The van der Waals surface area contributed by atoms with Crippen molar-refractivity contribution in [2.75, 3.05) is 18.1 Å². The van der Waals surface area contributed by atoms with Crippen LogP contribution in [0.15, 0.2) is 18.2 Å². The second kappa shape index (κ2) is 7.66. The highest BCUT2D eigenvalue weighted by Gasteiger charge is 2.23. The van der Waals surface area contributed by atoms with Crippen molar-refractivity contribution < 1.29 is 4.79 Å². The van der Waals surface area contributed by atoms with E-state index in [-0.39, 0.29) is 11.9 Å². The summed E-state index contributed by atoms with van der Waals surface area (Å²) in [6.45, 7) is 8.41. The van der Waals surface area contributed by atoms with Gasteiger partial charge >= 0.3 is 0 Å². The number of hydrogen-bond acceptors (Lipinski definition) is 3. The van der Waals surface area contributed by atoms with E-state index in [1.54, 1.807) is 18.2 Å². The molecule has 0 radical (unpaired) electrons.